The summed E-state index contributed by atoms with van der Waals surface area (Å²) in [4.78, 5) is 51.5. The number of aromatic nitrogens is 2. The quantitative estimate of drug-likeness (QED) is 0.647. The molecule has 10 nitrogen and oxygen atoms in total. The maximum atomic E-state index is 12.0. The third-order valence-corrected chi connectivity index (χ3v) is 4.73. The number of imide groups is 1. The molecule has 0 spiro atoms. The minimum absolute atomic E-state index is 0.00821. The molecule has 10 heteroatoms. The average molecular weight is 362 g/mol. The summed E-state index contributed by atoms with van der Waals surface area (Å²) in [7, 11) is 3.12. The van der Waals surface area contributed by atoms with Crippen molar-refractivity contribution in [2.45, 2.75) is 6.42 Å². The van der Waals surface area contributed by atoms with Gasteiger partial charge in [-0.05, 0) is 12.3 Å². The second-order valence-corrected chi connectivity index (χ2v) is 6.70. The Labute approximate surface area is 150 Å². The van der Waals surface area contributed by atoms with Gasteiger partial charge in [0.1, 0.15) is 13.1 Å². The first kappa shape index (κ1) is 17.9. The summed E-state index contributed by atoms with van der Waals surface area (Å²) < 4.78 is 1.27. The smallest absolute Gasteiger partial charge is 0.327 e. The standard InChI is InChI=1S/C16H22N6O4/c1-19-10-15(25)22(16(19)26)9-13(23)17-6-11-3-4-21(8-11)12-5-14(24)20(2)18-7-12/h5,7,11H,3-4,6,8-10H2,1-2H3,(H,17,23)/t11-/m1/s1. The first-order valence-electron chi connectivity index (χ1n) is 8.45. The van der Waals surface area contributed by atoms with E-state index in [9.17, 15) is 19.2 Å². The molecule has 2 aliphatic heterocycles. The normalized spacial score (nSPS) is 20.2. The van der Waals surface area contributed by atoms with Crippen molar-refractivity contribution >= 4 is 23.5 Å². The van der Waals surface area contributed by atoms with Crippen LogP contribution >= 0.6 is 0 Å². The van der Waals surface area contributed by atoms with Gasteiger partial charge in [-0.2, -0.15) is 5.10 Å². The molecule has 140 valence electrons. The maximum absolute atomic E-state index is 12.0. The average Bonchev–Trinajstić information content (AvgIpc) is 3.16. The summed E-state index contributed by atoms with van der Waals surface area (Å²) in [6.07, 6.45) is 2.53. The van der Waals surface area contributed by atoms with E-state index >= 15 is 0 Å². The zero-order valence-corrected chi connectivity index (χ0v) is 14.8. The van der Waals surface area contributed by atoms with Crippen LogP contribution in [0.4, 0.5) is 10.5 Å². The molecule has 2 saturated heterocycles. The summed E-state index contributed by atoms with van der Waals surface area (Å²) in [5, 5.41) is 6.81. The zero-order chi connectivity index (χ0) is 18.8. The zero-order valence-electron chi connectivity index (χ0n) is 14.8. The summed E-state index contributed by atoms with van der Waals surface area (Å²) in [6.45, 7) is 1.70. The van der Waals surface area contributed by atoms with Crippen LogP contribution in [-0.2, 0) is 16.6 Å². The highest BCUT2D eigenvalue weighted by Gasteiger charge is 2.35. The minimum Gasteiger partial charge on any atom is -0.370 e. The molecule has 3 rings (SSSR count). The monoisotopic (exact) mass is 362 g/mol. The number of hydrogen-bond acceptors (Lipinski definition) is 6. The van der Waals surface area contributed by atoms with Crippen LogP contribution < -0.4 is 15.8 Å². The Morgan fingerprint density at radius 3 is 2.73 bits per heavy atom. The summed E-state index contributed by atoms with van der Waals surface area (Å²) in [5.41, 5.74) is 0.613. The van der Waals surface area contributed by atoms with E-state index < -0.39 is 6.03 Å². The first-order valence-corrected chi connectivity index (χ1v) is 8.45. The van der Waals surface area contributed by atoms with E-state index in [0.717, 1.165) is 23.6 Å². The number of nitrogens with one attached hydrogen (secondary N) is 1. The Morgan fingerprint density at radius 1 is 1.31 bits per heavy atom. The van der Waals surface area contributed by atoms with E-state index in [1.54, 1.807) is 19.3 Å². The van der Waals surface area contributed by atoms with Crippen LogP contribution in [0.1, 0.15) is 6.42 Å². The van der Waals surface area contributed by atoms with Crippen LogP contribution in [0.3, 0.4) is 0 Å². The van der Waals surface area contributed by atoms with Gasteiger partial charge in [0.15, 0.2) is 0 Å². The molecule has 0 aliphatic carbocycles. The van der Waals surface area contributed by atoms with Gasteiger partial charge in [0.25, 0.3) is 11.5 Å². The van der Waals surface area contributed by atoms with Crippen molar-refractivity contribution in [3.8, 4) is 0 Å². The number of anilines is 1. The fraction of sp³-hybridized carbons (Fsp3) is 0.562. The Bertz CT molecular complexity index is 791. The van der Waals surface area contributed by atoms with Gasteiger partial charge in [-0.15, -0.1) is 0 Å². The molecule has 0 saturated carbocycles. The third kappa shape index (κ3) is 3.68. The lowest BCUT2D eigenvalue weighted by Gasteiger charge is -2.19. The Balaban J connectivity index is 1.48. The Kier molecular flexibility index (Phi) is 4.92. The van der Waals surface area contributed by atoms with E-state index in [4.69, 9.17) is 0 Å². The highest BCUT2D eigenvalue weighted by molar-refractivity contribution is 6.04. The number of amides is 4. The topological polar surface area (TPSA) is 108 Å². The number of carbonyl (C=O) groups excluding carboxylic acids is 3. The number of likely N-dealkylation sites (N-methyl/N-ethyl adjacent to an activating group) is 1. The van der Waals surface area contributed by atoms with E-state index in [-0.39, 0.29) is 36.4 Å². The van der Waals surface area contributed by atoms with Gasteiger partial charge >= 0.3 is 6.03 Å². The molecule has 26 heavy (non-hydrogen) atoms. The van der Waals surface area contributed by atoms with Crippen LogP contribution in [0.15, 0.2) is 17.1 Å². The molecule has 0 aromatic carbocycles. The molecule has 0 radical (unpaired) electrons. The molecule has 1 atom stereocenters. The number of rotatable bonds is 5. The van der Waals surface area contributed by atoms with Crippen molar-refractivity contribution in [2.24, 2.45) is 13.0 Å². The first-order chi connectivity index (χ1) is 12.3. The molecule has 1 N–H and O–H groups in total. The Morgan fingerprint density at radius 2 is 2.08 bits per heavy atom. The van der Waals surface area contributed by atoms with Crippen LogP contribution in [0.25, 0.3) is 0 Å². The second-order valence-electron chi connectivity index (χ2n) is 6.70. The Hall–Kier alpha value is -2.91. The second kappa shape index (κ2) is 7.14. The lowest BCUT2D eigenvalue weighted by atomic mass is 10.1. The van der Waals surface area contributed by atoms with Crippen molar-refractivity contribution in [2.75, 3.05) is 44.7 Å². The molecule has 3 heterocycles. The lowest BCUT2D eigenvalue weighted by Crippen LogP contribution is -2.42. The van der Waals surface area contributed by atoms with Crippen molar-refractivity contribution in [1.29, 1.82) is 0 Å². The van der Waals surface area contributed by atoms with Gasteiger partial charge in [0.05, 0.1) is 11.9 Å². The van der Waals surface area contributed by atoms with Crippen LogP contribution in [0.5, 0.6) is 0 Å². The molecule has 2 aliphatic rings. The van der Waals surface area contributed by atoms with Crippen molar-refractivity contribution in [3.63, 3.8) is 0 Å². The predicted octanol–water partition coefficient (Wildman–Crippen LogP) is -1.38. The highest BCUT2D eigenvalue weighted by atomic mass is 16.2. The van der Waals surface area contributed by atoms with Gasteiger partial charge in [0.2, 0.25) is 5.91 Å². The molecule has 4 amide bonds. The maximum Gasteiger partial charge on any atom is 0.327 e. The van der Waals surface area contributed by atoms with E-state index in [1.165, 1.54) is 16.6 Å². The third-order valence-electron chi connectivity index (χ3n) is 4.73. The molecular formula is C16H22N6O4. The molecule has 1 aromatic rings. The molecule has 1 aromatic heterocycles. The van der Waals surface area contributed by atoms with Crippen LogP contribution in [-0.4, -0.2) is 77.2 Å². The predicted molar refractivity (Wildman–Crippen MR) is 92.5 cm³/mol. The molecule has 2 fully saturated rings. The van der Waals surface area contributed by atoms with Gasteiger partial charge in [0, 0.05) is 39.8 Å². The summed E-state index contributed by atoms with van der Waals surface area (Å²) >= 11 is 0. The SMILES string of the molecule is CN1CC(=O)N(CC(=O)NC[C@H]2CCN(c3cnn(C)c(=O)c3)C2)C1=O. The number of aryl methyl sites for hydroxylation is 1. The van der Waals surface area contributed by atoms with Gasteiger partial charge < -0.3 is 15.1 Å². The lowest BCUT2D eigenvalue weighted by molar-refractivity contribution is -0.130. The van der Waals surface area contributed by atoms with Crippen molar-refractivity contribution < 1.29 is 14.4 Å². The number of carbonyl (C=O) groups is 3. The van der Waals surface area contributed by atoms with Gasteiger partial charge in [-0.1, -0.05) is 0 Å². The number of hydrogen-bond donors (Lipinski definition) is 1. The summed E-state index contributed by atoms with van der Waals surface area (Å²) in [6, 6.07) is 1.10. The van der Waals surface area contributed by atoms with Crippen molar-refractivity contribution in [1.82, 2.24) is 24.9 Å². The number of urea groups is 1. The molecule has 0 bridgehead atoms. The van der Waals surface area contributed by atoms with E-state index in [0.29, 0.717) is 13.1 Å². The molecule has 0 unspecified atom stereocenters. The van der Waals surface area contributed by atoms with Crippen molar-refractivity contribution in [3.05, 3.63) is 22.6 Å². The number of nitrogens with zero attached hydrogens (tertiary/aromatic N) is 5. The fourth-order valence-corrected chi connectivity index (χ4v) is 3.15. The highest BCUT2D eigenvalue weighted by Crippen LogP contribution is 2.21. The van der Waals surface area contributed by atoms with E-state index in [1.807, 2.05) is 0 Å². The molecular weight excluding hydrogens is 340 g/mol. The van der Waals surface area contributed by atoms with Gasteiger partial charge in [-0.3, -0.25) is 19.3 Å². The fourth-order valence-electron chi connectivity index (χ4n) is 3.15. The van der Waals surface area contributed by atoms with Crippen LogP contribution in [0.2, 0.25) is 0 Å². The van der Waals surface area contributed by atoms with Gasteiger partial charge in [-0.25, -0.2) is 9.48 Å². The summed E-state index contributed by atoms with van der Waals surface area (Å²) in [5.74, 6) is -0.482. The largest absolute Gasteiger partial charge is 0.370 e. The van der Waals surface area contributed by atoms with Crippen LogP contribution in [0, 0.1) is 5.92 Å². The minimum atomic E-state index is -0.449. The van der Waals surface area contributed by atoms with E-state index in [2.05, 4.69) is 15.3 Å².